The van der Waals surface area contributed by atoms with Crippen molar-refractivity contribution >= 4 is 22.4 Å². The third-order valence-electron chi connectivity index (χ3n) is 5.12. The fourth-order valence-corrected chi connectivity index (χ4v) is 3.78. The third-order valence-corrected chi connectivity index (χ3v) is 5.12. The maximum atomic E-state index is 11.5. The van der Waals surface area contributed by atoms with Crippen LogP contribution in [0.1, 0.15) is 31.7 Å². The predicted octanol–water partition coefficient (Wildman–Crippen LogP) is 3.73. The number of ether oxygens (including phenoxy) is 1. The van der Waals surface area contributed by atoms with E-state index in [4.69, 9.17) is 4.74 Å². The minimum absolute atomic E-state index is 0.465. The quantitative estimate of drug-likeness (QED) is 0.564. The first-order valence-corrected chi connectivity index (χ1v) is 9.37. The van der Waals surface area contributed by atoms with Crippen LogP contribution >= 0.6 is 0 Å². The van der Waals surface area contributed by atoms with Crippen LogP contribution in [0.15, 0.2) is 66.7 Å². The van der Waals surface area contributed by atoms with E-state index in [0.717, 1.165) is 39.8 Å². The van der Waals surface area contributed by atoms with Crippen molar-refractivity contribution in [3.8, 4) is 0 Å². The highest BCUT2D eigenvalue weighted by atomic mass is 16.6. The zero-order chi connectivity index (χ0) is 18.0. The van der Waals surface area contributed by atoms with Crippen molar-refractivity contribution < 1.29 is 9.84 Å². The zero-order valence-electron chi connectivity index (χ0n) is 15.1. The lowest BCUT2D eigenvalue weighted by atomic mass is 9.86. The lowest BCUT2D eigenvalue weighted by Gasteiger charge is -2.33. The maximum Gasteiger partial charge on any atom is 0.197 e. The van der Waals surface area contributed by atoms with E-state index in [2.05, 4.69) is 55.5 Å². The highest BCUT2D eigenvalue weighted by Crippen LogP contribution is 2.35. The first-order valence-electron chi connectivity index (χ1n) is 9.37. The standard InChI is InChI=1S/C24H24O2/c1-2-3-17-26-24(25)16-15-19-10-5-7-13-21(19)23(24)22-14-8-11-18-9-4-6-12-20(18)22/h4-15,25H,2-3,16-17H2,1H3/t24-/m1/s1. The van der Waals surface area contributed by atoms with Crippen molar-refractivity contribution in [3.05, 3.63) is 82.7 Å². The van der Waals surface area contributed by atoms with Crippen molar-refractivity contribution in [2.24, 2.45) is 0 Å². The maximum absolute atomic E-state index is 11.5. The molecule has 0 aromatic heterocycles. The molecule has 0 fully saturated rings. The van der Waals surface area contributed by atoms with Gasteiger partial charge in [-0.3, -0.25) is 0 Å². The summed E-state index contributed by atoms with van der Waals surface area (Å²) in [5, 5.41) is 16.0. The van der Waals surface area contributed by atoms with Gasteiger partial charge >= 0.3 is 0 Å². The molecule has 0 saturated heterocycles. The highest BCUT2D eigenvalue weighted by Gasteiger charge is 2.35. The minimum Gasteiger partial charge on any atom is -0.361 e. The number of aliphatic hydroxyl groups is 1. The second kappa shape index (κ2) is 7.06. The lowest BCUT2D eigenvalue weighted by molar-refractivity contribution is -0.154. The van der Waals surface area contributed by atoms with E-state index in [0.29, 0.717) is 13.0 Å². The summed E-state index contributed by atoms with van der Waals surface area (Å²) in [6.45, 7) is 2.68. The molecule has 0 heterocycles. The Morgan fingerprint density at radius 1 is 0.962 bits per heavy atom. The number of hydrogen-bond donors (Lipinski definition) is 1. The van der Waals surface area contributed by atoms with Crippen LogP contribution in [0.3, 0.4) is 0 Å². The molecule has 26 heavy (non-hydrogen) atoms. The average molecular weight is 344 g/mol. The Morgan fingerprint density at radius 3 is 2.62 bits per heavy atom. The summed E-state index contributed by atoms with van der Waals surface area (Å²) in [5.41, 5.74) is 1.92. The molecule has 1 atom stereocenters. The van der Waals surface area contributed by atoms with Gasteiger partial charge in [0.1, 0.15) is 0 Å². The fraction of sp³-hybridized carbons (Fsp3) is 0.250. The van der Waals surface area contributed by atoms with E-state index in [9.17, 15) is 5.11 Å². The van der Waals surface area contributed by atoms with Crippen LogP contribution in [0.25, 0.3) is 22.4 Å². The number of benzene rings is 3. The van der Waals surface area contributed by atoms with Gasteiger partial charge in [0.2, 0.25) is 0 Å². The van der Waals surface area contributed by atoms with Gasteiger partial charge in [-0.1, -0.05) is 86.2 Å². The Bertz CT molecular complexity index is 1050. The molecule has 2 nitrogen and oxygen atoms in total. The SMILES string of the molecule is CCCCO[C@]1(O)CC=c2ccccc2=C1c1cccc2ccccc12. The van der Waals surface area contributed by atoms with Crippen LogP contribution < -0.4 is 10.4 Å². The first kappa shape index (κ1) is 17.0. The van der Waals surface area contributed by atoms with Gasteiger partial charge < -0.3 is 9.84 Å². The molecular weight excluding hydrogens is 320 g/mol. The van der Waals surface area contributed by atoms with Gasteiger partial charge in [-0.05, 0) is 33.2 Å². The van der Waals surface area contributed by atoms with Crippen molar-refractivity contribution in [2.45, 2.75) is 32.0 Å². The molecule has 1 aliphatic rings. The Hall–Kier alpha value is -2.42. The lowest BCUT2D eigenvalue weighted by Crippen LogP contribution is -2.45. The molecule has 3 aromatic carbocycles. The van der Waals surface area contributed by atoms with Crippen LogP contribution in [-0.4, -0.2) is 17.5 Å². The zero-order valence-corrected chi connectivity index (χ0v) is 15.1. The molecular formula is C24H24O2. The summed E-state index contributed by atoms with van der Waals surface area (Å²) in [6, 6.07) is 22.8. The molecule has 0 bridgehead atoms. The molecule has 3 aromatic rings. The molecule has 2 heteroatoms. The van der Waals surface area contributed by atoms with Gasteiger partial charge in [0, 0.05) is 12.0 Å². The summed E-state index contributed by atoms with van der Waals surface area (Å²) in [7, 11) is 0. The molecule has 0 radical (unpaired) electrons. The fourth-order valence-electron chi connectivity index (χ4n) is 3.78. The van der Waals surface area contributed by atoms with Gasteiger partial charge in [-0.25, -0.2) is 0 Å². The van der Waals surface area contributed by atoms with Crippen molar-refractivity contribution in [1.29, 1.82) is 0 Å². The largest absolute Gasteiger partial charge is 0.361 e. The molecule has 0 unspecified atom stereocenters. The van der Waals surface area contributed by atoms with Crippen molar-refractivity contribution in [3.63, 3.8) is 0 Å². The molecule has 1 N–H and O–H groups in total. The molecule has 0 amide bonds. The first-order chi connectivity index (χ1) is 12.7. The highest BCUT2D eigenvalue weighted by molar-refractivity contribution is 5.95. The van der Waals surface area contributed by atoms with Crippen LogP contribution in [0, 0.1) is 0 Å². The van der Waals surface area contributed by atoms with Gasteiger partial charge in [-0.15, -0.1) is 0 Å². The number of rotatable bonds is 5. The average Bonchev–Trinajstić information content (AvgIpc) is 2.68. The van der Waals surface area contributed by atoms with E-state index in [-0.39, 0.29) is 0 Å². The Labute approximate surface area is 154 Å². The van der Waals surface area contributed by atoms with Crippen LogP contribution in [0.4, 0.5) is 0 Å². The number of hydrogen-bond acceptors (Lipinski definition) is 2. The summed E-state index contributed by atoms with van der Waals surface area (Å²) < 4.78 is 6.07. The van der Waals surface area contributed by atoms with Gasteiger partial charge in [0.05, 0.1) is 6.61 Å². The molecule has 0 aliphatic heterocycles. The van der Waals surface area contributed by atoms with Crippen LogP contribution in [0.2, 0.25) is 0 Å². The summed E-state index contributed by atoms with van der Waals surface area (Å²) in [6.07, 6.45) is 4.52. The normalized spacial score (nSPS) is 19.2. The summed E-state index contributed by atoms with van der Waals surface area (Å²) >= 11 is 0. The predicted molar refractivity (Wildman–Crippen MR) is 107 cm³/mol. The van der Waals surface area contributed by atoms with Gasteiger partial charge in [0.25, 0.3) is 0 Å². The number of fused-ring (bicyclic) bond motifs is 2. The Kier molecular flexibility index (Phi) is 4.62. The van der Waals surface area contributed by atoms with E-state index >= 15 is 0 Å². The van der Waals surface area contributed by atoms with Gasteiger partial charge in [-0.2, -0.15) is 0 Å². The van der Waals surface area contributed by atoms with Crippen molar-refractivity contribution in [2.75, 3.05) is 6.61 Å². The van der Waals surface area contributed by atoms with Gasteiger partial charge in [0.15, 0.2) is 5.79 Å². The molecule has 0 spiro atoms. The Balaban J connectivity index is 2.00. The topological polar surface area (TPSA) is 29.5 Å². The molecule has 132 valence electrons. The van der Waals surface area contributed by atoms with E-state index < -0.39 is 5.79 Å². The van der Waals surface area contributed by atoms with Crippen LogP contribution in [0.5, 0.6) is 0 Å². The minimum atomic E-state index is -1.30. The third kappa shape index (κ3) is 2.96. The van der Waals surface area contributed by atoms with Crippen LogP contribution in [-0.2, 0) is 4.74 Å². The number of unbranched alkanes of at least 4 members (excludes halogenated alkanes) is 1. The molecule has 0 saturated carbocycles. The summed E-state index contributed by atoms with van der Waals surface area (Å²) in [5.74, 6) is -1.30. The van der Waals surface area contributed by atoms with E-state index in [1.165, 1.54) is 5.39 Å². The second-order valence-corrected chi connectivity index (χ2v) is 6.88. The smallest absolute Gasteiger partial charge is 0.197 e. The summed E-state index contributed by atoms with van der Waals surface area (Å²) in [4.78, 5) is 0. The van der Waals surface area contributed by atoms with E-state index in [1.54, 1.807) is 0 Å². The second-order valence-electron chi connectivity index (χ2n) is 6.88. The molecule has 4 rings (SSSR count). The molecule has 1 aliphatic carbocycles. The van der Waals surface area contributed by atoms with E-state index in [1.807, 2.05) is 24.3 Å². The van der Waals surface area contributed by atoms with Crippen molar-refractivity contribution in [1.82, 2.24) is 0 Å². The monoisotopic (exact) mass is 344 g/mol. The Morgan fingerprint density at radius 2 is 1.73 bits per heavy atom.